The molecule has 1 heterocycles. The quantitative estimate of drug-likeness (QED) is 0.893. The highest BCUT2D eigenvalue weighted by molar-refractivity contribution is 5.80. The largest absolute Gasteiger partial charge is 0.377 e. The molecule has 0 saturated carbocycles. The molecule has 1 aromatic carbocycles. The van der Waals surface area contributed by atoms with E-state index >= 15 is 0 Å². The molecular formula is C19H24N2. The molecule has 0 amide bonds. The zero-order valence-corrected chi connectivity index (χ0v) is 13.0. The van der Waals surface area contributed by atoms with Crippen molar-refractivity contribution in [1.82, 2.24) is 4.90 Å². The van der Waals surface area contributed by atoms with Crippen LogP contribution in [0.3, 0.4) is 0 Å². The molecule has 1 aromatic rings. The van der Waals surface area contributed by atoms with E-state index in [-0.39, 0.29) is 0 Å². The molecule has 3 rings (SSSR count). The number of benzene rings is 1. The summed E-state index contributed by atoms with van der Waals surface area (Å²) in [6.45, 7) is 1.13. The van der Waals surface area contributed by atoms with E-state index in [1.807, 2.05) is 0 Å². The highest BCUT2D eigenvalue weighted by Gasteiger charge is 2.20. The van der Waals surface area contributed by atoms with Gasteiger partial charge in [-0.25, -0.2) is 0 Å². The van der Waals surface area contributed by atoms with E-state index in [0.717, 1.165) is 19.4 Å². The maximum Gasteiger partial charge on any atom is 0.0548 e. The van der Waals surface area contributed by atoms with Crippen molar-refractivity contribution in [3.05, 3.63) is 59.7 Å². The summed E-state index contributed by atoms with van der Waals surface area (Å²) in [6, 6.07) is 9.13. The maximum absolute atomic E-state index is 3.71. The third kappa shape index (κ3) is 3.27. The lowest BCUT2D eigenvalue weighted by Gasteiger charge is -2.20. The van der Waals surface area contributed by atoms with E-state index in [0.29, 0.717) is 6.04 Å². The van der Waals surface area contributed by atoms with Crippen molar-refractivity contribution in [1.29, 1.82) is 0 Å². The van der Waals surface area contributed by atoms with Gasteiger partial charge in [0, 0.05) is 11.3 Å². The molecule has 2 aliphatic rings. The van der Waals surface area contributed by atoms with Gasteiger partial charge in [0.2, 0.25) is 0 Å². The molecule has 1 unspecified atom stereocenters. The molecule has 1 N–H and O–H groups in total. The van der Waals surface area contributed by atoms with Crippen LogP contribution >= 0.6 is 0 Å². The summed E-state index contributed by atoms with van der Waals surface area (Å²) < 4.78 is 0. The van der Waals surface area contributed by atoms with Crippen LogP contribution in [0.25, 0.3) is 5.57 Å². The van der Waals surface area contributed by atoms with Crippen LogP contribution < -0.4 is 5.32 Å². The SMILES string of the molecule is CN(C)CCCC1=CC2=CC=CCC2Nc2ccccc21. The van der Waals surface area contributed by atoms with E-state index in [4.69, 9.17) is 0 Å². The number of para-hydroxylation sites is 1. The number of nitrogens with zero attached hydrogens (tertiary/aromatic N) is 1. The lowest BCUT2D eigenvalue weighted by Crippen LogP contribution is -2.21. The summed E-state index contributed by atoms with van der Waals surface area (Å²) in [6.07, 6.45) is 12.5. The standard InChI is InChI=1S/C19H24N2/c1-21(2)13-7-9-15-14-16-8-3-5-11-18(16)20-19-12-6-4-10-17(15)19/h3-6,8,10,12,14,18,20H,7,9,11,13H2,1-2H3. The Hall–Kier alpha value is -1.80. The van der Waals surface area contributed by atoms with E-state index in [1.165, 1.54) is 28.8 Å². The van der Waals surface area contributed by atoms with Gasteiger partial charge in [0.1, 0.15) is 0 Å². The van der Waals surface area contributed by atoms with Gasteiger partial charge in [-0.05, 0) is 57.1 Å². The summed E-state index contributed by atoms with van der Waals surface area (Å²) in [5, 5.41) is 3.71. The summed E-state index contributed by atoms with van der Waals surface area (Å²) in [7, 11) is 4.28. The highest BCUT2D eigenvalue weighted by Crippen LogP contribution is 2.34. The molecule has 21 heavy (non-hydrogen) atoms. The summed E-state index contributed by atoms with van der Waals surface area (Å²) in [5.41, 5.74) is 5.52. The average Bonchev–Trinajstić information content (AvgIpc) is 2.63. The second kappa shape index (κ2) is 6.31. The molecule has 0 bridgehead atoms. The summed E-state index contributed by atoms with van der Waals surface area (Å²) in [5.74, 6) is 0. The van der Waals surface area contributed by atoms with Crippen LogP contribution in [-0.2, 0) is 0 Å². The zero-order valence-electron chi connectivity index (χ0n) is 13.0. The minimum absolute atomic E-state index is 0.419. The lowest BCUT2D eigenvalue weighted by atomic mass is 9.95. The first kappa shape index (κ1) is 14.2. The Morgan fingerprint density at radius 3 is 2.95 bits per heavy atom. The third-order valence-corrected chi connectivity index (χ3v) is 4.19. The molecule has 2 nitrogen and oxygen atoms in total. The molecule has 0 radical (unpaired) electrons. The Bertz CT molecular complexity index is 593. The van der Waals surface area contributed by atoms with Crippen molar-refractivity contribution in [3.8, 4) is 0 Å². The molecule has 1 atom stereocenters. The van der Waals surface area contributed by atoms with Gasteiger partial charge in [0.25, 0.3) is 0 Å². The van der Waals surface area contributed by atoms with Gasteiger partial charge in [0.15, 0.2) is 0 Å². The second-order valence-corrected chi connectivity index (χ2v) is 6.15. The first-order chi connectivity index (χ1) is 10.2. The topological polar surface area (TPSA) is 15.3 Å². The van der Waals surface area contributed by atoms with Gasteiger partial charge < -0.3 is 10.2 Å². The predicted octanol–water partition coefficient (Wildman–Crippen LogP) is 4.09. The van der Waals surface area contributed by atoms with Crippen LogP contribution in [0.5, 0.6) is 0 Å². The first-order valence-corrected chi connectivity index (χ1v) is 7.82. The van der Waals surface area contributed by atoms with E-state index < -0.39 is 0 Å². The van der Waals surface area contributed by atoms with E-state index in [1.54, 1.807) is 0 Å². The number of rotatable bonds is 4. The molecule has 110 valence electrons. The molecular weight excluding hydrogens is 256 g/mol. The van der Waals surface area contributed by atoms with Gasteiger partial charge in [-0.3, -0.25) is 0 Å². The second-order valence-electron chi connectivity index (χ2n) is 6.15. The lowest BCUT2D eigenvalue weighted by molar-refractivity contribution is 0.403. The van der Waals surface area contributed by atoms with Gasteiger partial charge in [0.05, 0.1) is 6.04 Å². The minimum Gasteiger partial charge on any atom is -0.377 e. The van der Waals surface area contributed by atoms with Crippen molar-refractivity contribution in [3.63, 3.8) is 0 Å². The van der Waals surface area contributed by atoms with Crippen molar-refractivity contribution in [2.45, 2.75) is 25.3 Å². The number of fused-ring (bicyclic) bond motifs is 2. The van der Waals surface area contributed by atoms with Crippen LogP contribution in [0.15, 0.2) is 54.1 Å². The van der Waals surface area contributed by atoms with Gasteiger partial charge in [-0.2, -0.15) is 0 Å². The number of nitrogens with one attached hydrogen (secondary N) is 1. The molecule has 0 spiro atoms. The van der Waals surface area contributed by atoms with Crippen molar-refractivity contribution >= 4 is 11.3 Å². The fraction of sp³-hybridized carbons (Fsp3) is 0.368. The molecule has 0 aromatic heterocycles. The van der Waals surface area contributed by atoms with Gasteiger partial charge in [-0.1, -0.05) is 42.5 Å². The van der Waals surface area contributed by atoms with Crippen molar-refractivity contribution < 1.29 is 0 Å². The monoisotopic (exact) mass is 280 g/mol. The zero-order chi connectivity index (χ0) is 14.7. The fourth-order valence-corrected chi connectivity index (χ4v) is 3.09. The van der Waals surface area contributed by atoms with Crippen molar-refractivity contribution in [2.75, 3.05) is 26.0 Å². The van der Waals surface area contributed by atoms with Crippen LogP contribution in [0.4, 0.5) is 5.69 Å². The third-order valence-electron chi connectivity index (χ3n) is 4.19. The molecule has 1 aliphatic carbocycles. The van der Waals surface area contributed by atoms with Crippen LogP contribution in [-0.4, -0.2) is 31.6 Å². The Labute approximate surface area is 127 Å². The maximum atomic E-state index is 3.71. The Morgan fingerprint density at radius 1 is 1.24 bits per heavy atom. The molecule has 2 heteroatoms. The van der Waals surface area contributed by atoms with Gasteiger partial charge >= 0.3 is 0 Å². The Morgan fingerprint density at radius 2 is 2.10 bits per heavy atom. The number of hydrogen-bond acceptors (Lipinski definition) is 2. The summed E-state index contributed by atoms with van der Waals surface area (Å²) in [4.78, 5) is 2.26. The predicted molar refractivity (Wildman–Crippen MR) is 91.5 cm³/mol. The minimum atomic E-state index is 0.419. The molecule has 0 saturated heterocycles. The first-order valence-electron chi connectivity index (χ1n) is 7.82. The van der Waals surface area contributed by atoms with Crippen LogP contribution in [0, 0.1) is 0 Å². The van der Waals surface area contributed by atoms with E-state index in [9.17, 15) is 0 Å². The van der Waals surface area contributed by atoms with E-state index in [2.05, 4.69) is 72.9 Å². The van der Waals surface area contributed by atoms with Crippen molar-refractivity contribution in [2.24, 2.45) is 0 Å². The molecule has 0 fully saturated rings. The number of allylic oxidation sites excluding steroid dienone is 3. The normalized spacial score (nSPS) is 20.0. The van der Waals surface area contributed by atoms with Crippen LogP contribution in [0.2, 0.25) is 0 Å². The summed E-state index contributed by atoms with van der Waals surface area (Å²) >= 11 is 0. The average molecular weight is 280 g/mol. The Kier molecular flexibility index (Phi) is 4.26. The smallest absolute Gasteiger partial charge is 0.0548 e. The molecule has 1 aliphatic heterocycles. The fourth-order valence-electron chi connectivity index (χ4n) is 3.09. The number of hydrogen-bond donors (Lipinski definition) is 1. The van der Waals surface area contributed by atoms with Crippen LogP contribution in [0.1, 0.15) is 24.8 Å². The Balaban J connectivity index is 1.90. The highest BCUT2D eigenvalue weighted by atomic mass is 15.0. The van der Waals surface area contributed by atoms with Gasteiger partial charge in [-0.15, -0.1) is 0 Å². The number of anilines is 1.